The Morgan fingerprint density at radius 1 is 1.38 bits per heavy atom. The van der Waals surface area contributed by atoms with Gasteiger partial charge in [-0.05, 0) is 24.6 Å². The Balaban J connectivity index is 1.72. The van der Waals surface area contributed by atoms with Crippen LogP contribution in [-0.4, -0.2) is 21.4 Å². The maximum absolute atomic E-state index is 5.62. The van der Waals surface area contributed by atoms with Crippen LogP contribution >= 0.6 is 0 Å². The minimum absolute atomic E-state index is 0.698. The first kappa shape index (κ1) is 10.7. The van der Waals surface area contributed by atoms with Crippen LogP contribution in [0.15, 0.2) is 36.9 Å². The first-order valence-electron chi connectivity index (χ1n) is 5.36. The third kappa shape index (κ3) is 3.08. The first-order valence-corrected chi connectivity index (χ1v) is 5.36. The van der Waals surface area contributed by atoms with Gasteiger partial charge in [0.25, 0.3) is 0 Å². The van der Waals surface area contributed by atoms with E-state index in [2.05, 4.69) is 23.1 Å². The van der Waals surface area contributed by atoms with Crippen molar-refractivity contribution in [1.82, 2.24) is 14.8 Å². The van der Waals surface area contributed by atoms with Crippen molar-refractivity contribution in [2.75, 3.05) is 6.61 Å². The Hall–Kier alpha value is -1.84. The minimum atomic E-state index is 0.698. The topological polar surface area (TPSA) is 39.9 Å². The van der Waals surface area contributed by atoms with Crippen LogP contribution in [0.1, 0.15) is 12.0 Å². The monoisotopic (exact) mass is 217 g/mol. The van der Waals surface area contributed by atoms with Crippen LogP contribution in [0.4, 0.5) is 0 Å². The Morgan fingerprint density at radius 3 is 3.06 bits per heavy atom. The Morgan fingerprint density at radius 2 is 2.31 bits per heavy atom. The van der Waals surface area contributed by atoms with E-state index >= 15 is 0 Å². The molecule has 0 radical (unpaired) electrons. The van der Waals surface area contributed by atoms with Crippen LogP contribution in [0.5, 0.6) is 5.75 Å². The summed E-state index contributed by atoms with van der Waals surface area (Å²) in [6.07, 6.45) is 4.19. The molecule has 0 bridgehead atoms. The van der Waals surface area contributed by atoms with Crippen LogP contribution in [0.2, 0.25) is 0 Å². The molecule has 0 aliphatic heterocycles. The molecule has 0 saturated carbocycles. The fourth-order valence-electron chi connectivity index (χ4n) is 1.47. The average molecular weight is 217 g/mol. The third-order valence-electron chi connectivity index (χ3n) is 2.26. The van der Waals surface area contributed by atoms with Gasteiger partial charge in [0, 0.05) is 13.0 Å². The largest absolute Gasteiger partial charge is 0.494 e. The van der Waals surface area contributed by atoms with Gasteiger partial charge in [0.1, 0.15) is 18.4 Å². The summed E-state index contributed by atoms with van der Waals surface area (Å²) in [5.41, 5.74) is 1.22. The Labute approximate surface area is 94.9 Å². The lowest BCUT2D eigenvalue weighted by atomic mass is 10.2. The van der Waals surface area contributed by atoms with E-state index in [1.54, 1.807) is 17.3 Å². The van der Waals surface area contributed by atoms with Crippen molar-refractivity contribution in [1.29, 1.82) is 0 Å². The van der Waals surface area contributed by atoms with E-state index < -0.39 is 0 Å². The summed E-state index contributed by atoms with van der Waals surface area (Å²) in [4.78, 5) is 3.88. The average Bonchev–Trinajstić information content (AvgIpc) is 2.77. The smallest absolute Gasteiger partial charge is 0.137 e. The van der Waals surface area contributed by atoms with Crippen molar-refractivity contribution in [2.24, 2.45) is 0 Å². The molecule has 4 heteroatoms. The molecule has 0 amide bonds. The highest BCUT2D eigenvalue weighted by Gasteiger charge is 1.95. The second-order valence-corrected chi connectivity index (χ2v) is 3.68. The van der Waals surface area contributed by atoms with Gasteiger partial charge in [-0.25, -0.2) is 4.98 Å². The molecule has 2 rings (SSSR count). The molecule has 4 nitrogen and oxygen atoms in total. The van der Waals surface area contributed by atoms with Crippen molar-refractivity contribution in [3.8, 4) is 5.75 Å². The van der Waals surface area contributed by atoms with Gasteiger partial charge >= 0.3 is 0 Å². The number of aryl methyl sites for hydroxylation is 2. The van der Waals surface area contributed by atoms with Gasteiger partial charge in [-0.3, -0.25) is 4.68 Å². The van der Waals surface area contributed by atoms with E-state index in [1.165, 1.54) is 5.56 Å². The molecule has 0 aliphatic carbocycles. The molecule has 0 unspecified atom stereocenters. The molecule has 0 aliphatic rings. The maximum Gasteiger partial charge on any atom is 0.137 e. The molecule has 84 valence electrons. The van der Waals surface area contributed by atoms with Gasteiger partial charge in [-0.1, -0.05) is 12.1 Å². The highest BCUT2D eigenvalue weighted by molar-refractivity contribution is 5.27. The molecule has 0 fully saturated rings. The zero-order chi connectivity index (χ0) is 11.2. The molecular formula is C12H15N3O. The number of rotatable bonds is 5. The van der Waals surface area contributed by atoms with Crippen molar-refractivity contribution in [3.63, 3.8) is 0 Å². The summed E-state index contributed by atoms with van der Waals surface area (Å²) in [6, 6.07) is 8.07. The molecule has 1 aromatic carbocycles. The van der Waals surface area contributed by atoms with E-state index in [9.17, 15) is 0 Å². The SMILES string of the molecule is Cc1cccc(OCCCn2cncn2)c1. The number of benzene rings is 1. The molecule has 16 heavy (non-hydrogen) atoms. The fourth-order valence-corrected chi connectivity index (χ4v) is 1.47. The molecule has 0 saturated heterocycles. The second kappa shape index (κ2) is 5.30. The van der Waals surface area contributed by atoms with Crippen LogP contribution in [0.25, 0.3) is 0 Å². The number of hydrogen-bond acceptors (Lipinski definition) is 3. The van der Waals surface area contributed by atoms with Crippen molar-refractivity contribution < 1.29 is 4.74 Å². The van der Waals surface area contributed by atoms with Gasteiger partial charge in [0.15, 0.2) is 0 Å². The lowest BCUT2D eigenvalue weighted by molar-refractivity contribution is 0.298. The molecule has 0 N–H and O–H groups in total. The van der Waals surface area contributed by atoms with Gasteiger partial charge in [-0.2, -0.15) is 5.10 Å². The summed E-state index contributed by atoms with van der Waals surface area (Å²) in [5, 5.41) is 4.02. The minimum Gasteiger partial charge on any atom is -0.494 e. The van der Waals surface area contributed by atoms with Crippen LogP contribution in [0, 0.1) is 6.92 Å². The standard InChI is InChI=1S/C12H15N3O/c1-11-4-2-5-12(8-11)16-7-3-6-15-10-13-9-14-15/h2,4-5,8-10H,3,6-7H2,1H3. The normalized spacial score (nSPS) is 10.3. The zero-order valence-corrected chi connectivity index (χ0v) is 9.34. The van der Waals surface area contributed by atoms with Gasteiger partial charge < -0.3 is 4.74 Å². The van der Waals surface area contributed by atoms with Gasteiger partial charge in [-0.15, -0.1) is 0 Å². The van der Waals surface area contributed by atoms with Crippen molar-refractivity contribution in [3.05, 3.63) is 42.5 Å². The van der Waals surface area contributed by atoms with Crippen LogP contribution in [0.3, 0.4) is 0 Å². The lowest BCUT2D eigenvalue weighted by Gasteiger charge is -2.06. The quantitative estimate of drug-likeness (QED) is 0.720. The third-order valence-corrected chi connectivity index (χ3v) is 2.26. The lowest BCUT2D eigenvalue weighted by Crippen LogP contribution is -2.04. The van der Waals surface area contributed by atoms with Gasteiger partial charge in [0.05, 0.1) is 6.61 Å². The zero-order valence-electron chi connectivity index (χ0n) is 9.34. The molecule has 0 atom stereocenters. The summed E-state index contributed by atoms with van der Waals surface area (Å²) in [6.45, 7) is 3.59. The van der Waals surface area contributed by atoms with E-state index in [4.69, 9.17) is 4.74 Å². The number of ether oxygens (including phenoxy) is 1. The van der Waals surface area contributed by atoms with Crippen LogP contribution < -0.4 is 4.74 Å². The number of hydrogen-bond donors (Lipinski definition) is 0. The first-order chi connectivity index (χ1) is 7.84. The van der Waals surface area contributed by atoms with E-state index in [1.807, 2.05) is 18.2 Å². The summed E-state index contributed by atoms with van der Waals surface area (Å²) in [5.74, 6) is 0.929. The molecule has 2 aromatic rings. The van der Waals surface area contributed by atoms with E-state index in [0.717, 1.165) is 18.7 Å². The van der Waals surface area contributed by atoms with Crippen LogP contribution in [-0.2, 0) is 6.54 Å². The molecule has 1 aromatic heterocycles. The Bertz CT molecular complexity index is 426. The maximum atomic E-state index is 5.62. The van der Waals surface area contributed by atoms with Crippen molar-refractivity contribution in [2.45, 2.75) is 19.9 Å². The number of nitrogens with zero attached hydrogens (tertiary/aromatic N) is 3. The summed E-state index contributed by atoms with van der Waals surface area (Å²) in [7, 11) is 0. The molecule has 1 heterocycles. The predicted molar refractivity (Wildman–Crippen MR) is 61.3 cm³/mol. The van der Waals surface area contributed by atoms with E-state index in [0.29, 0.717) is 6.61 Å². The second-order valence-electron chi connectivity index (χ2n) is 3.68. The number of aromatic nitrogens is 3. The van der Waals surface area contributed by atoms with E-state index in [-0.39, 0.29) is 0 Å². The molecular weight excluding hydrogens is 202 g/mol. The summed E-state index contributed by atoms with van der Waals surface area (Å²) >= 11 is 0. The molecule has 0 spiro atoms. The highest BCUT2D eigenvalue weighted by atomic mass is 16.5. The highest BCUT2D eigenvalue weighted by Crippen LogP contribution is 2.12. The predicted octanol–water partition coefficient (Wildman–Crippen LogP) is 2.06. The van der Waals surface area contributed by atoms with Gasteiger partial charge in [0.2, 0.25) is 0 Å². The fraction of sp³-hybridized carbons (Fsp3) is 0.333. The Kier molecular flexibility index (Phi) is 3.53. The van der Waals surface area contributed by atoms with Crippen molar-refractivity contribution >= 4 is 0 Å². The summed E-state index contributed by atoms with van der Waals surface area (Å²) < 4.78 is 7.43.